The number of Topliss-reactive ketones (excluding diaryl/α,β-unsaturated/α-hetero) is 1. The highest BCUT2D eigenvalue weighted by molar-refractivity contribution is 5.98. The van der Waals surface area contributed by atoms with Gasteiger partial charge < -0.3 is 15.2 Å². The lowest BCUT2D eigenvalue weighted by atomic mass is 9.82. The van der Waals surface area contributed by atoms with Crippen molar-refractivity contribution in [1.29, 1.82) is 0 Å². The van der Waals surface area contributed by atoms with Crippen LogP contribution in [0.15, 0.2) is 18.2 Å². The van der Waals surface area contributed by atoms with E-state index in [0.29, 0.717) is 25.2 Å². The zero-order valence-corrected chi connectivity index (χ0v) is 18.5. The molecule has 0 bridgehead atoms. The summed E-state index contributed by atoms with van der Waals surface area (Å²) in [5.41, 5.74) is 6.27. The number of amides is 1. The number of aromatic nitrogens is 2. The highest BCUT2D eigenvalue weighted by Crippen LogP contribution is 2.31. The van der Waals surface area contributed by atoms with E-state index in [4.69, 9.17) is 5.73 Å². The van der Waals surface area contributed by atoms with Gasteiger partial charge in [0.15, 0.2) is 5.78 Å². The Morgan fingerprint density at radius 2 is 1.94 bits per heavy atom. The monoisotopic (exact) mass is 432 g/mol. The molecule has 1 aliphatic rings. The molecule has 2 N–H and O–H groups in total. The first-order chi connectivity index (χ1) is 14.5. The topological polar surface area (TPSA) is 81.2 Å². The number of nitrogens with two attached hydrogens (primary N) is 1. The molecule has 1 aliphatic heterocycles. The van der Waals surface area contributed by atoms with Gasteiger partial charge in [-0.15, -0.1) is 0 Å². The maximum absolute atomic E-state index is 14.5. The third-order valence-electron chi connectivity index (χ3n) is 5.54. The van der Waals surface area contributed by atoms with E-state index in [1.807, 2.05) is 27.8 Å². The second-order valence-electron chi connectivity index (χ2n) is 9.59. The molecule has 1 aromatic heterocycles. The number of hydrogen-bond acceptors (Lipinski definition) is 4. The highest BCUT2D eigenvalue weighted by atomic mass is 19.1. The molecule has 2 aromatic rings. The summed E-state index contributed by atoms with van der Waals surface area (Å²) in [5, 5.41) is 0. The minimum Gasteiger partial charge on any atom is -0.369 e. The van der Waals surface area contributed by atoms with Gasteiger partial charge in [0, 0.05) is 25.4 Å². The predicted octanol–water partition coefficient (Wildman–Crippen LogP) is 3.77. The standard InChI is InChI=1S/C23H30F2N4O2/c1-23(2,3)12-14(21(26)31)10-19(30)20-18-13-28(4)8-5-9-29(18)22(27-20)16-11-15(24)6-7-17(16)25/h6-7,11,14H,5,8-10,12-13H2,1-4H3,(H2,26,31)/t14-/m0/s1. The Labute approximate surface area is 181 Å². The van der Waals surface area contributed by atoms with Gasteiger partial charge in [-0.3, -0.25) is 9.59 Å². The number of imidazole rings is 1. The molecule has 6 nitrogen and oxygen atoms in total. The van der Waals surface area contributed by atoms with Crippen LogP contribution in [0.5, 0.6) is 0 Å². The molecule has 168 valence electrons. The maximum Gasteiger partial charge on any atom is 0.221 e. The minimum atomic E-state index is -0.622. The van der Waals surface area contributed by atoms with Crippen LogP contribution in [0.3, 0.4) is 0 Å². The van der Waals surface area contributed by atoms with Crippen LogP contribution in [0.2, 0.25) is 0 Å². The van der Waals surface area contributed by atoms with E-state index in [1.54, 1.807) is 4.57 Å². The Balaban J connectivity index is 2.05. The van der Waals surface area contributed by atoms with E-state index >= 15 is 0 Å². The molecule has 1 aromatic carbocycles. The van der Waals surface area contributed by atoms with Gasteiger partial charge >= 0.3 is 0 Å². The third kappa shape index (κ3) is 5.36. The highest BCUT2D eigenvalue weighted by Gasteiger charge is 2.31. The molecule has 0 saturated carbocycles. The Kier molecular flexibility index (Phi) is 6.59. The van der Waals surface area contributed by atoms with E-state index in [1.165, 1.54) is 0 Å². The number of fused-ring (bicyclic) bond motifs is 1. The van der Waals surface area contributed by atoms with Crippen molar-refractivity contribution in [3.8, 4) is 11.4 Å². The van der Waals surface area contributed by atoms with Crippen LogP contribution in [0.1, 0.15) is 56.2 Å². The van der Waals surface area contributed by atoms with Gasteiger partial charge in [-0.05, 0) is 50.0 Å². The van der Waals surface area contributed by atoms with Crippen LogP contribution in [-0.4, -0.2) is 39.7 Å². The number of hydrogen-bond donors (Lipinski definition) is 1. The van der Waals surface area contributed by atoms with E-state index in [9.17, 15) is 18.4 Å². The molecule has 8 heteroatoms. The number of benzene rings is 1. The SMILES string of the molecule is CN1CCCn2c(-c3cc(F)ccc3F)nc(C(=O)C[C@@H](CC(C)(C)C)C(N)=O)c2C1. The average Bonchev–Trinajstić information content (AvgIpc) is 2.88. The van der Waals surface area contributed by atoms with Crippen LogP contribution < -0.4 is 5.73 Å². The quantitative estimate of drug-likeness (QED) is 0.705. The molecule has 1 amide bonds. The van der Waals surface area contributed by atoms with Crippen LogP contribution >= 0.6 is 0 Å². The molecule has 31 heavy (non-hydrogen) atoms. The molecular formula is C23H30F2N4O2. The summed E-state index contributed by atoms with van der Waals surface area (Å²) in [6, 6.07) is 3.21. The van der Waals surface area contributed by atoms with E-state index in [-0.39, 0.29) is 34.7 Å². The van der Waals surface area contributed by atoms with Gasteiger partial charge in [-0.1, -0.05) is 20.8 Å². The zero-order chi connectivity index (χ0) is 22.9. The van der Waals surface area contributed by atoms with Crippen LogP contribution in [0.25, 0.3) is 11.4 Å². The van der Waals surface area contributed by atoms with Crippen molar-refractivity contribution in [1.82, 2.24) is 14.5 Å². The zero-order valence-electron chi connectivity index (χ0n) is 18.5. The number of nitrogens with zero attached hydrogens (tertiary/aromatic N) is 3. The number of halogens is 2. The minimum absolute atomic E-state index is 0.0194. The van der Waals surface area contributed by atoms with Crippen molar-refractivity contribution < 1.29 is 18.4 Å². The first-order valence-electron chi connectivity index (χ1n) is 10.5. The van der Waals surface area contributed by atoms with Gasteiger partial charge in [-0.25, -0.2) is 13.8 Å². The first kappa shape index (κ1) is 23.1. The van der Waals surface area contributed by atoms with Crippen molar-refractivity contribution in [2.45, 2.75) is 53.1 Å². The fourth-order valence-corrected chi connectivity index (χ4v) is 4.15. The second kappa shape index (κ2) is 8.86. The summed E-state index contributed by atoms with van der Waals surface area (Å²) < 4.78 is 30.2. The lowest BCUT2D eigenvalue weighted by Crippen LogP contribution is -2.30. The van der Waals surface area contributed by atoms with Crippen molar-refractivity contribution >= 4 is 11.7 Å². The molecule has 1 atom stereocenters. The number of carbonyl (C=O) groups excluding carboxylic acids is 2. The van der Waals surface area contributed by atoms with Gasteiger partial charge in [-0.2, -0.15) is 0 Å². The van der Waals surface area contributed by atoms with Gasteiger partial charge in [0.25, 0.3) is 0 Å². The molecule has 0 fully saturated rings. The van der Waals surface area contributed by atoms with Crippen molar-refractivity contribution in [3.63, 3.8) is 0 Å². The third-order valence-corrected chi connectivity index (χ3v) is 5.54. The largest absolute Gasteiger partial charge is 0.369 e. The Morgan fingerprint density at radius 1 is 1.23 bits per heavy atom. The molecule has 0 radical (unpaired) electrons. The summed E-state index contributed by atoms with van der Waals surface area (Å²) in [5.74, 6) is -2.41. The lowest BCUT2D eigenvalue weighted by Gasteiger charge is -2.23. The molecule has 0 unspecified atom stereocenters. The Bertz CT molecular complexity index is 994. The van der Waals surface area contributed by atoms with Gasteiger partial charge in [0.1, 0.15) is 23.2 Å². The number of rotatable bonds is 6. The summed E-state index contributed by atoms with van der Waals surface area (Å²) in [4.78, 5) is 31.8. The predicted molar refractivity (Wildman–Crippen MR) is 114 cm³/mol. The molecule has 0 saturated heterocycles. The fourth-order valence-electron chi connectivity index (χ4n) is 4.15. The van der Waals surface area contributed by atoms with Gasteiger partial charge in [0.2, 0.25) is 5.91 Å². The van der Waals surface area contributed by atoms with Crippen LogP contribution in [0, 0.1) is 23.0 Å². The summed E-state index contributed by atoms with van der Waals surface area (Å²) in [6.07, 6.45) is 1.19. The van der Waals surface area contributed by atoms with E-state index < -0.39 is 23.5 Å². The molecule has 0 aliphatic carbocycles. The Morgan fingerprint density at radius 3 is 2.58 bits per heavy atom. The van der Waals surface area contributed by atoms with Crippen molar-refractivity contribution in [2.75, 3.05) is 13.6 Å². The summed E-state index contributed by atoms with van der Waals surface area (Å²) in [6.45, 7) is 7.73. The molecule has 0 spiro atoms. The summed E-state index contributed by atoms with van der Waals surface area (Å²) >= 11 is 0. The van der Waals surface area contributed by atoms with E-state index in [0.717, 1.165) is 31.2 Å². The molecule has 3 rings (SSSR count). The van der Waals surface area contributed by atoms with Crippen molar-refractivity contribution in [2.24, 2.45) is 17.1 Å². The van der Waals surface area contributed by atoms with Crippen LogP contribution in [0.4, 0.5) is 8.78 Å². The Hall–Kier alpha value is -2.61. The normalized spacial score (nSPS) is 15.9. The molecule has 2 heterocycles. The smallest absolute Gasteiger partial charge is 0.221 e. The number of primary amides is 1. The molecular weight excluding hydrogens is 402 g/mol. The average molecular weight is 433 g/mol. The number of ketones is 1. The number of carbonyl (C=O) groups is 2. The second-order valence-corrected chi connectivity index (χ2v) is 9.59. The van der Waals surface area contributed by atoms with Crippen LogP contribution in [-0.2, 0) is 17.9 Å². The summed E-state index contributed by atoms with van der Waals surface area (Å²) in [7, 11) is 1.94. The fraction of sp³-hybridized carbons (Fsp3) is 0.522. The lowest BCUT2D eigenvalue weighted by molar-refractivity contribution is -0.122. The van der Waals surface area contributed by atoms with Crippen molar-refractivity contribution in [3.05, 3.63) is 41.2 Å². The maximum atomic E-state index is 14.5. The van der Waals surface area contributed by atoms with E-state index in [2.05, 4.69) is 9.88 Å². The van der Waals surface area contributed by atoms with Gasteiger partial charge in [0.05, 0.1) is 11.3 Å². The first-order valence-corrected chi connectivity index (χ1v) is 10.5.